The normalized spacial score (nSPS) is 11.4. The number of carbonyl (C=O) groups is 1. The number of benzene rings is 2. The van der Waals surface area contributed by atoms with Crippen LogP contribution in [0.1, 0.15) is 15.9 Å². The molecule has 0 bridgehead atoms. The molecule has 0 aliphatic heterocycles. The Balaban J connectivity index is 2.57. The second-order valence-corrected chi connectivity index (χ2v) is 4.91. The number of aldehydes is 1. The summed E-state index contributed by atoms with van der Waals surface area (Å²) in [5, 5.41) is 0. The van der Waals surface area contributed by atoms with E-state index < -0.39 is 17.6 Å². The molecule has 0 heterocycles. The largest absolute Gasteiger partial charge is 0.419 e. The van der Waals surface area contributed by atoms with Gasteiger partial charge in [0, 0.05) is 5.56 Å². The van der Waals surface area contributed by atoms with Gasteiger partial charge in [-0.15, -0.1) is 0 Å². The molecule has 0 amide bonds. The van der Waals surface area contributed by atoms with Crippen LogP contribution in [0, 0.1) is 5.82 Å². The minimum Gasteiger partial charge on any atom is -0.298 e. The number of rotatable bonds is 2. The SMILES string of the molecule is O=Cc1ccc(-c2cc(Br)c(F)c(C(F)(F)F)c2)cc1. The van der Waals surface area contributed by atoms with Crippen molar-refractivity contribution >= 4 is 22.2 Å². The average molecular weight is 347 g/mol. The minimum atomic E-state index is -4.77. The van der Waals surface area contributed by atoms with Gasteiger partial charge in [0.2, 0.25) is 0 Å². The smallest absolute Gasteiger partial charge is 0.298 e. The Morgan fingerprint density at radius 3 is 2.10 bits per heavy atom. The summed E-state index contributed by atoms with van der Waals surface area (Å²) in [4.78, 5) is 10.5. The lowest BCUT2D eigenvalue weighted by atomic mass is 10.0. The van der Waals surface area contributed by atoms with E-state index in [1.807, 2.05) is 0 Å². The predicted molar refractivity (Wildman–Crippen MR) is 69.9 cm³/mol. The summed E-state index contributed by atoms with van der Waals surface area (Å²) in [6, 6.07) is 7.98. The van der Waals surface area contributed by atoms with Crippen molar-refractivity contribution in [3.05, 3.63) is 57.8 Å². The standard InChI is InChI=1S/C14H7BrF4O/c15-12-6-10(5-11(13(12)16)14(17,18)19)9-3-1-8(7-20)2-4-9/h1-7H. The fourth-order valence-corrected chi connectivity index (χ4v) is 2.18. The van der Waals surface area contributed by atoms with E-state index in [-0.39, 0.29) is 10.0 Å². The van der Waals surface area contributed by atoms with Crippen LogP contribution in [0.25, 0.3) is 11.1 Å². The molecule has 0 unspecified atom stereocenters. The third kappa shape index (κ3) is 2.90. The topological polar surface area (TPSA) is 17.1 Å². The highest BCUT2D eigenvalue weighted by Gasteiger charge is 2.35. The van der Waals surface area contributed by atoms with Gasteiger partial charge in [-0.3, -0.25) is 4.79 Å². The number of hydrogen-bond acceptors (Lipinski definition) is 1. The van der Waals surface area contributed by atoms with Crippen LogP contribution >= 0.6 is 15.9 Å². The molecule has 6 heteroatoms. The second-order valence-electron chi connectivity index (χ2n) is 4.06. The number of halogens is 5. The van der Waals surface area contributed by atoms with Gasteiger partial charge in [0.15, 0.2) is 0 Å². The monoisotopic (exact) mass is 346 g/mol. The highest BCUT2D eigenvalue weighted by molar-refractivity contribution is 9.10. The maximum Gasteiger partial charge on any atom is 0.419 e. The molecule has 2 aromatic rings. The molecule has 0 fully saturated rings. The summed E-state index contributed by atoms with van der Waals surface area (Å²) in [6.07, 6.45) is -4.14. The number of alkyl halides is 3. The summed E-state index contributed by atoms with van der Waals surface area (Å²) in [6.45, 7) is 0. The first-order chi connectivity index (χ1) is 9.32. The zero-order valence-electron chi connectivity index (χ0n) is 9.84. The Kier molecular flexibility index (Phi) is 3.94. The van der Waals surface area contributed by atoms with E-state index in [0.29, 0.717) is 17.4 Å². The van der Waals surface area contributed by atoms with Gasteiger partial charge in [-0.1, -0.05) is 24.3 Å². The number of hydrogen-bond donors (Lipinski definition) is 0. The third-order valence-corrected chi connectivity index (χ3v) is 3.29. The van der Waals surface area contributed by atoms with Gasteiger partial charge < -0.3 is 0 Å². The summed E-state index contributed by atoms with van der Waals surface area (Å²) < 4.78 is 51.4. The van der Waals surface area contributed by atoms with Crippen molar-refractivity contribution in [1.82, 2.24) is 0 Å². The highest BCUT2D eigenvalue weighted by atomic mass is 79.9. The van der Waals surface area contributed by atoms with E-state index in [0.717, 1.165) is 6.07 Å². The van der Waals surface area contributed by atoms with Crippen molar-refractivity contribution in [3.63, 3.8) is 0 Å². The molecule has 0 spiro atoms. The Labute approximate surface area is 120 Å². The fraction of sp³-hybridized carbons (Fsp3) is 0.0714. The number of carbonyl (C=O) groups excluding carboxylic acids is 1. The van der Waals surface area contributed by atoms with Crippen LogP contribution in [0.2, 0.25) is 0 Å². The van der Waals surface area contributed by atoms with Gasteiger partial charge in [0.25, 0.3) is 0 Å². The Bertz CT molecular complexity index is 647. The molecule has 1 nitrogen and oxygen atoms in total. The lowest BCUT2D eigenvalue weighted by Gasteiger charge is -2.12. The van der Waals surface area contributed by atoms with Crippen LogP contribution in [-0.2, 0) is 6.18 Å². The molecule has 0 aliphatic carbocycles. The molecule has 2 aromatic carbocycles. The van der Waals surface area contributed by atoms with Crippen molar-refractivity contribution < 1.29 is 22.4 Å². The van der Waals surface area contributed by atoms with Crippen molar-refractivity contribution in [1.29, 1.82) is 0 Å². The lowest BCUT2D eigenvalue weighted by Crippen LogP contribution is -2.08. The minimum absolute atomic E-state index is 0.211. The van der Waals surface area contributed by atoms with Gasteiger partial charge in [0.1, 0.15) is 12.1 Å². The molecule has 0 aliphatic rings. The Morgan fingerprint density at radius 2 is 1.60 bits per heavy atom. The van der Waals surface area contributed by atoms with E-state index in [2.05, 4.69) is 15.9 Å². The highest BCUT2D eigenvalue weighted by Crippen LogP contribution is 2.37. The molecule has 20 heavy (non-hydrogen) atoms. The second kappa shape index (κ2) is 5.36. The van der Waals surface area contributed by atoms with Gasteiger partial charge in [0.05, 0.1) is 10.0 Å². The maximum absolute atomic E-state index is 13.5. The van der Waals surface area contributed by atoms with Crippen LogP contribution in [0.5, 0.6) is 0 Å². The van der Waals surface area contributed by atoms with Crippen molar-refractivity contribution in [2.75, 3.05) is 0 Å². The summed E-state index contributed by atoms with van der Waals surface area (Å²) in [7, 11) is 0. The van der Waals surface area contributed by atoms with E-state index in [4.69, 9.17) is 0 Å². The Hall–Kier alpha value is -1.69. The maximum atomic E-state index is 13.5. The first-order valence-corrected chi connectivity index (χ1v) is 6.24. The van der Waals surface area contributed by atoms with E-state index in [1.165, 1.54) is 30.3 Å². The molecule has 0 atom stereocenters. The quantitative estimate of drug-likeness (QED) is 0.547. The van der Waals surface area contributed by atoms with Crippen LogP contribution in [-0.4, -0.2) is 6.29 Å². The lowest BCUT2D eigenvalue weighted by molar-refractivity contribution is -0.140. The van der Waals surface area contributed by atoms with Crippen molar-refractivity contribution in [2.24, 2.45) is 0 Å². The molecule has 2 rings (SSSR count). The average Bonchev–Trinajstić information content (AvgIpc) is 2.40. The molecular weight excluding hydrogens is 340 g/mol. The van der Waals surface area contributed by atoms with Crippen molar-refractivity contribution in [3.8, 4) is 11.1 Å². The summed E-state index contributed by atoms with van der Waals surface area (Å²) in [5.41, 5.74) is -0.253. The van der Waals surface area contributed by atoms with E-state index >= 15 is 0 Å². The first-order valence-electron chi connectivity index (χ1n) is 5.45. The van der Waals surface area contributed by atoms with Crippen LogP contribution < -0.4 is 0 Å². The molecule has 104 valence electrons. The van der Waals surface area contributed by atoms with E-state index in [9.17, 15) is 22.4 Å². The van der Waals surface area contributed by atoms with Gasteiger partial charge >= 0.3 is 6.18 Å². The summed E-state index contributed by atoms with van der Waals surface area (Å²) >= 11 is 2.78. The van der Waals surface area contributed by atoms with Crippen LogP contribution in [0.4, 0.5) is 17.6 Å². The molecule has 0 N–H and O–H groups in total. The fourth-order valence-electron chi connectivity index (χ4n) is 1.72. The van der Waals surface area contributed by atoms with Crippen LogP contribution in [0.3, 0.4) is 0 Å². The molecule has 0 radical (unpaired) electrons. The molecule has 0 aromatic heterocycles. The zero-order chi connectivity index (χ0) is 14.9. The van der Waals surface area contributed by atoms with Gasteiger partial charge in [-0.25, -0.2) is 4.39 Å². The van der Waals surface area contributed by atoms with Gasteiger partial charge in [-0.05, 0) is 39.2 Å². The molecular formula is C14H7BrF4O. The van der Waals surface area contributed by atoms with E-state index in [1.54, 1.807) is 0 Å². The molecule has 0 saturated heterocycles. The first kappa shape index (κ1) is 14.7. The third-order valence-electron chi connectivity index (χ3n) is 2.71. The Morgan fingerprint density at radius 1 is 1.00 bits per heavy atom. The van der Waals surface area contributed by atoms with Crippen LogP contribution in [0.15, 0.2) is 40.9 Å². The van der Waals surface area contributed by atoms with Crippen molar-refractivity contribution in [2.45, 2.75) is 6.18 Å². The predicted octanol–water partition coefficient (Wildman–Crippen LogP) is 5.09. The summed E-state index contributed by atoms with van der Waals surface area (Å²) in [5.74, 6) is -1.34. The molecule has 0 saturated carbocycles. The zero-order valence-corrected chi connectivity index (χ0v) is 11.4. The van der Waals surface area contributed by atoms with Gasteiger partial charge in [-0.2, -0.15) is 13.2 Å².